The number of nitrogens with zero attached hydrogens (tertiary/aromatic N) is 1. The normalized spacial score (nSPS) is 22.4. The maximum atomic E-state index is 11.2. The van der Waals surface area contributed by atoms with E-state index in [4.69, 9.17) is 10.8 Å². The fourth-order valence-electron chi connectivity index (χ4n) is 1.29. The second-order valence-corrected chi connectivity index (χ2v) is 2.90. The lowest BCUT2D eigenvalue weighted by Gasteiger charge is -2.28. The number of piperidine rings is 1. The van der Waals surface area contributed by atoms with E-state index in [0.29, 0.717) is 13.0 Å². The van der Waals surface area contributed by atoms with Crippen molar-refractivity contribution in [2.75, 3.05) is 13.1 Å². The van der Waals surface area contributed by atoms with Crippen LogP contribution in [0.1, 0.15) is 12.8 Å². The Labute approximate surface area is 82.3 Å². The van der Waals surface area contributed by atoms with Gasteiger partial charge in [0.1, 0.15) is 6.54 Å². The van der Waals surface area contributed by atoms with Gasteiger partial charge in [-0.2, -0.15) is 0 Å². The summed E-state index contributed by atoms with van der Waals surface area (Å²) in [5.74, 6) is -1.24. The van der Waals surface area contributed by atoms with E-state index in [9.17, 15) is 9.59 Å². The van der Waals surface area contributed by atoms with Gasteiger partial charge >= 0.3 is 5.97 Å². The predicted molar refractivity (Wildman–Crippen MR) is 48.7 cm³/mol. The zero-order valence-corrected chi connectivity index (χ0v) is 7.92. The Balaban J connectivity index is 0.00000144. The van der Waals surface area contributed by atoms with Gasteiger partial charge in [-0.1, -0.05) is 0 Å². The average molecular weight is 209 g/mol. The molecule has 5 nitrogen and oxygen atoms in total. The summed E-state index contributed by atoms with van der Waals surface area (Å²) in [5.41, 5.74) is 5.46. The molecule has 1 fully saturated rings. The zero-order valence-electron chi connectivity index (χ0n) is 7.10. The summed E-state index contributed by atoms with van der Waals surface area (Å²) in [5, 5.41) is 8.44. The van der Waals surface area contributed by atoms with Crippen LogP contribution in [0.4, 0.5) is 0 Å². The number of halogens is 1. The lowest BCUT2D eigenvalue weighted by molar-refractivity contribution is -0.146. The van der Waals surface area contributed by atoms with Crippen LogP contribution in [0.5, 0.6) is 0 Å². The molecule has 3 N–H and O–H groups in total. The first-order valence-electron chi connectivity index (χ1n) is 3.87. The van der Waals surface area contributed by atoms with Crippen LogP contribution < -0.4 is 5.73 Å². The summed E-state index contributed by atoms with van der Waals surface area (Å²) in [6.45, 7) is 0.283. The number of carboxylic acid groups (broad SMARTS) is 1. The molecule has 1 atom stereocenters. The molecule has 0 radical (unpaired) electrons. The number of likely N-dealkylation sites (tertiary alicyclic amines) is 1. The molecule has 0 bridgehead atoms. The lowest BCUT2D eigenvalue weighted by atomic mass is 10.1. The van der Waals surface area contributed by atoms with Crippen molar-refractivity contribution in [1.82, 2.24) is 4.90 Å². The quantitative estimate of drug-likeness (QED) is 0.638. The zero-order chi connectivity index (χ0) is 9.14. The Morgan fingerprint density at radius 1 is 1.69 bits per heavy atom. The maximum Gasteiger partial charge on any atom is 0.323 e. The molecule has 1 aliphatic rings. The summed E-state index contributed by atoms with van der Waals surface area (Å²) in [6.07, 6.45) is 1.45. The summed E-state index contributed by atoms with van der Waals surface area (Å²) < 4.78 is 0. The van der Waals surface area contributed by atoms with E-state index < -0.39 is 12.0 Å². The van der Waals surface area contributed by atoms with Crippen LogP contribution in [0.15, 0.2) is 0 Å². The number of carbonyl (C=O) groups excluding carboxylic acids is 1. The van der Waals surface area contributed by atoms with E-state index in [1.165, 1.54) is 4.90 Å². The minimum atomic E-state index is -0.988. The van der Waals surface area contributed by atoms with Crippen LogP contribution in [0, 0.1) is 0 Å². The van der Waals surface area contributed by atoms with Gasteiger partial charge in [-0.05, 0) is 12.8 Å². The van der Waals surface area contributed by atoms with Crippen LogP contribution >= 0.6 is 12.4 Å². The number of hydrogen-bond acceptors (Lipinski definition) is 3. The molecule has 1 rings (SSSR count). The predicted octanol–water partition coefficient (Wildman–Crippen LogP) is -0.557. The highest BCUT2D eigenvalue weighted by Crippen LogP contribution is 2.08. The number of carbonyl (C=O) groups is 2. The molecule has 0 aliphatic carbocycles. The molecule has 0 saturated carbocycles. The molecular weight excluding hydrogens is 196 g/mol. The van der Waals surface area contributed by atoms with Gasteiger partial charge in [-0.15, -0.1) is 12.4 Å². The number of carboxylic acids is 1. The van der Waals surface area contributed by atoms with Crippen LogP contribution in [0.2, 0.25) is 0 Å². The van der Waals surface area contributed by atoms with Crippen molar-refractivity contribution >= 4 is 24.3 Å². The van der Waals surface area contributed by atoms with Gasteiger partial charge < -0.3 is 15.7 Å². The van der Waals surface area contributed by atoms with E-state index >= 15 is 0 Å². The lowest BCUT2D eigenvalue weighted by Crippen LogP contribution is -2.49. The molecule has 0 spiro atoms. The number of rotatable bonds is 2. The highest BCUT2D eigenvalue weighted by molar-refractivity contribution is 5.86. The highest BCUT2D eigenvalue weighted by atomic mass is 35.5. The molecular formula is C7H13ClN2O3. The minimum absolute atomic E-state index is 0. The van der Waals surface area contributed by atoms with Gasteiger partial charge in [0.25, 0.3) is 0 Å². The van der Waals surface area contributed by atoms with Gasteiger partial charge in [0.2, 0.25) is 5.91 Å². The highest BCUT2D eigenvalue weighted by Gasteiger charge is 2.26. The van der Waals surface area contributed by atoms with Crippen molar-refractivity contribution in [2.24, 2.45) is 5.73 Å². The molecule has 1 aliphatic heterocycles. The summed E-state index contributed by atoms with van der Waals surface area (Å²) in [6, 6.07) is -0.502. The average Bonchev–Trinajstić information content (AvgIpc) is 1.98. The van der Waals surface area contributed by atoms with Crippen LogP contribution in [-0.4, -0.2) is 41.0 Å². The van der Waals surface area contributed by atoms with Gasteiger partial charge in [0.15, 0.2) is 0 Å². The first-order valence-corrected chi connectivity index (χ1v) is 3.87. The summed E-state index contributed by atoms with van der Waals surface area (Å²) in [4.78, 5) is 22.8. The van der Waals surface area contributed by atoms with Crippen LogP contribution in [0.3, 0.4) is 0 Å². The van der Waals surface area contributed by atoms with E-state index in [-0.39, 0.29) is 24.9 Å². The van der Waals surface area contributed by atoms with Crippen molar-refractivity contribution in [3.05, 3.63) is 0 Å². The van der Waals surface area contributed by atoms with E-state index in [1.54, 1.807) is 0 Å². The topological polar surface area (TPSA) is 83.6 Å². The van der Waals surface area contributed by atoms with Gasteiger partial charge in [-0.25, -0.2) is 0 Å². The van der Waals surface area contributed by atoms with Crippen LogP contribution in [-0.2, 0) is 9.59 Å². The smallest absolute Gasteiger partial charge is 0.323 e. The first-order chi connectivity index (χ1) is 5.61. The molecule has 0 aromatic carbocycles. The first kappa shape index (κ1) is 12.2. The SMILES string of the molecule is Cl.N[C@@H]1CCCN(CC(=O)O)C1=O. The maximum absolute atomic E-state index is 11.2. The van der Waals surface area contributed by atoms with Gasteiger partial charge in [0.05, 0.1) is 6.04 Å². The van der Waals surface area contributed by atoms with Crippen molar-refractivity contribution in [1.29, 1.82) is 0 Å². The number of aliphatic carboxylic acids is 1. The molecule has 1 saturated heterocycles. The molecule has 1 heterocycles. The van der Waals surface area contributed by atoms with E-state index in [1.807, 2.05) is 0 Å². The third kappa shape index (κ3) is 3.20. The Kier molecular flexibility index (Phi) is 4.72. The number of nitrogens with two attached hydrogens (primary N) is 1. The molecule has 0 aromatic rings. The summed E-state index contributed by atoms with van der Waals surface area (Å²) in [7, 11) is 0. The fraction of sp³-hybridized carbons (Fsp3) is 0.714. The van der Waals surface area contributed by atoms with Crippen molar-refractivity contribution in [3.8, 4) is 0 Å². The second kappa shape index (κ2) is 5.04. The molecule has 13 heavy (non-hydrogen) atoms. The van der Waals surface area contributed by atoms with Gasteiger partial charge in [-0.3, -0.25) is 9.59 Å². The number of amides is 1. The van der Waals surface area contributed by atoms with Crippen molar-refractivity contribution in [3.63, 3.8) is 0 Å². The Bertz CT molecular complexity index is 210. The Morgan fingerprint density at radius 2 is 2.31 bits per heavy atom. The Morgan fingerprint density at radius 3 is 2.85 bits per heavy atom. The fourth-order valence-corrected chi connectivity index (χ4v) is 1.29. The van der Waals surface area contributed by atoms with Crippen LogP contribution in [0.25, 0.3) is 0 Å². The van der Waals surface area contributed by atoms with Crippen molar-refractivity contribution < 1.29 is 14.7 Å². The molecule has 0 unspecified atom stereocenters. The largest absolute Gasteiger partial charge is 0.480 e. The minimum Gasteiger partial charge on any atom is -0.480 e. The molecule has 0 aromatic heterocycles. The third-order valence-corrected chi connectivity index (χ3v) is 1.90. The van der Waals surface area contributed by atoms with E-state index in [0.717, 1.165) is 6.42 Å². The van der Waals surface area contributed by atoms with Gasteiger partial charge in [0, 0.05) is 6.54 Å². The molecule has 6 heteroatoms. The third-order valence-electron chi connectivity index (χ3n) is 1.90. The standard InChI is InChI=1S/C7H12N2O3.ClH/c8-5-2-1-3-9(7(5)12)4-6(10)11;/h5H,1-4,8H2,(H,10,11);1H/t5-;/m1./s1. The Hall–Kier alpha value is -0.810. The number of hydrogen-bond donors (Lipinski definition) is 2. The van der Waals surface area contributed by atoms with E-state index in [2.05, 4.69) is 0 Å². The molecule has 1 amide bonds. The monoisotopic (exact) mass is 208 g/mol. The molecule has 76 valence electrons. The summed E-state index contributed by atoms with van der Waals surface area (Å²) >= 11 is 0. The van der Waals surface area contributed by atoms with Crippen molar-refractivity contribution in [2.45, 2.75) is 18.9 Å². The second-order valence-electron chi connectivity index (χ2n) is 2.90.